The van der Waals surface area contributed by atoms with Crippen LogP contribution in [0.1, 0.15) is 28.4 Å². The Morgan fingerprint density at radius 3 is 2.23 bits per heavy atom. The quantitative estimate of drug-likeness (QED) is 0.559. The predicted molar refractivity (Wildman–Crippen MR) is 122 cm³/mol. The lowest BCUT2D eigenvalue weighted by atomic mass is 10.1. The summed E-state index contributed by atoms with van der Waals surface area (Å²) in [6, 6.07) is 19.8. The molecular weight excluding hydrogens is 412 g/mol. The molecule has 6 nitrogen and oxygen atoms in total. The third kappa shape index (κ3) is 5.19. The molecule has 1 N–H and O–H groups in total. The third-order valence-corrected chi connectivity index (χ3v) is 6.74. The molecule has 0 saturated heterocycles. The van der Waals surface area contributed by atoms with Crippen LogP contribution in [0.25, 0.3) is 0 Å². The summed E-state index contributed by atoms with van der Waals surface area (Å²) in [6.45, 7) is 4.85. The van der Waals surface area contributed by atoms with E-state index in [0.717, 1.165) is 15.4 Å². The summed E-state index contributed by atoms with van der Waals surface area (Å²) in [5, 5.41) is 2.69. The Morgan fingerprint density at radius 2 is 1.58 bits per heavy atom. The number of Topliss-reactive ketones (excluding diaryl/α,β-unsaturated/α-hetero) is 1. The molecule has 0 radical (unpaired) electrons. The highest BCUT2D eigenvalue weighted by molar-refractivity contribution is 7.92. The average molecular weight is 437 g/mol. The maximum Gasteiger partial charge on any atom is 0.264 e. The minimum absolute atomic E-state index is 0.0969. The number of aryl methyl sites for hydroxylation is 2. The van der Waals surface area contributed by atoms with Gasteiger partial charge < -0.3 is 5.32 Å². The van der Waals surface area contributed by atoms with Crippen LogP contribution in [0.3, 0.4) is 0 Å². The number of rotatable bonds is 7. The van der Waals surface area contributed by atoms with Gasteiger partial charge in [-0.15, -0.1) is 0 Å². The van der Waals surface area contributed by atoms with Crippen LogP contribution in [0.5, 0.6) is 0 Å². The van der Waals surface area contributed by atoms with E-state index in [1.807, 2.05) is 19.9 Å². The van der Waals surface area contributed by atoms with Crippen molar-refractivity contribution in [3.8, 4) is 0 Å². The summed E-state index contributed by atoms with van der Waals surface area (Å²) < 4.78 is 27.8. The molecule has 160 valence electrons. The van der Waals surface area contributed by atoms with Crippen LogP contribution in [0.15, 0.2) is 77.7 Å². The van der Waals surface area contributed by atoms with Crippen molar-refractivity contribution in [3.63, 3.8) is 0 Å². The molecule has 0 aromatic heterocycles. The molecule has 3 aromatic carbocycles. The van der Waals surface area contributed by atoms with E-state index in [4.69, 9.17) is 0 Å². The van der Waals surface area contributed by atoms with Crippen molar-refractivity contribution in [2.75, 3.05) is 16.2 Å². The first-order valence-electron chi connectivity index (χ1n) is 9.74. The maximum atomic E-state index is 13.4. The third-order valence-electron chi connectivity index (χ3n) is 4.95. The molecule has 0 spiro atoms. The monoisotopic (exact) mass is 436 g/mol. The van der Waals surface area contributed by atoms with Crippen LogP contribution in [0.2, 0.25) is 0 Å². The average Bonchev–Trinajstić information content (AvgIpc) is 2.75. The zero-order chi connectivity index (χ0) is 22.6. The summed E-state index contributed by atoms with van der Waals surface area (Å²) in [7, 11) is -3.97. The van der Waals surface area contributed by atoms with E-state index in [1.165, 1.54) is 19.1 Å². The Hall–Kier alpha value is -3.45. The molecule has 0 aliphatic heterocycles. The second-order valence-electron chi connectivity index (χ2n) is 7.28. The summed E-state index contributed by atoms with van der Waals surface area (Å²) >= 11 is 0. The van der Waals surface area contributed by atoms with Crippen LogP contribution in [0, 0.1) is 13.8 Å². The smallest absolute Gasteiger partial charge is 0.264 e. The second-order valence-corrected chi connectivity index (χ2v) is 9.14. The number of ketones is 1. The van der Waals surface area contributed by atoms with Crippen LogP contribution in [0.4, 0.5) is 11.4 Å². The van der Waals surface area contributed by atoms with Gasteiger partial charge in [0.15, 0.2) is 5.78 Å². The molecule has 3 rings (SSSR count). The minimum atomic E-state index is -3.97. The van der Waals surface area contributed by atoms with Crippen molar-refractivity contribution in [2.24, 2.45) is 0 Å². The number of benzene rings is 3. The normalized spacial score (nSPS) is 11.1. The van der Waals surface area contributed by atoms with Gasteiger partial charge in [-0.25, -0.2) is 8.42 Å². The molecule has 0 bridgehead atoms. The Balaban J connectivity index is 1.95. The summed E-state index contributed by atoms with van der Waals surface area (Å²) in [5.41, 5.74) is 3.22. The van der Waals surface area contributed by atoms with Gasteiger partial charge in [-0.05, 0) is 68.3 Å². The number of anilines is 2. The largest absolute Gasteiger partial charge is 0.324 e. The highest BCUT2D eigenvalue weighted by Gasteiger charge is 2.27. The number of carbonyl (C=O) groups excluding carboxylic acids is 2. The Kier molecular flexibility index (Phi) is 6.56. The number of nitrogens with zero attached hydrogens (tertiary/aromatic N) is 1. The standard InChI is InChI=1S/C24H24N2O4S/c1-17-12-13-22(14-18(17)2)26(31(29,30)23-10-5-4-6-11-23)16-24(28)25-21-9-7-8-20(15-21)19(3)27/h4-15H,16H2,1-3H3,(H,25,28). The first-order valence-corrected chi connectivity index (χ1v) is 11.2. The lowest BCUT2D eigenvalue weighted by Gasteiger charge is -2.25. The van der Waals surface area contributed by atoms with Crippen LogP contribution in [-0.4, -0.2) is 26.7 Å². The lowest BCUT2D eigenvalue weighted by Crippen LogP contribution is -2.38. The Morgan fingerprint density at radius 1 is 0.871 bits per heavy atom. The molecule has 0 fully saturated rings. The fourth-order valence-electron chi connectivity index (χ4n) is 3.06. The molecule has 0 saturated carbocycles. The molecule has 0 unspecified atom stereocenters. The number of nitrogens with one attached hydrogen (secondary N) is 1. The van der Waals surface area contributed by atoms with Gasteiger partial charge in [-0.3, -0.25) is 13.9 Å². The minimum Gasteiger partial charge on any atom is -0.324 e. The topological polar surface area (TPSA) is 83.6 Å². The highest BCUT2D eigenvalue weighted by atomic mass is 32.2. The molecule has 3 aromatic rings. The zero-order valence-electron chi connectivity index (χ0n) is 17.6. The van der Waals surface area contributed by atoms with E-state index < -0.39 is 22.5 Å². The van der Waals surface area contributed by atoms with Gasteiger partial charge >= 0.3 is 0 Å². The van der Waals surface area contributed by atoms with Crippen molar-refractivity contribution in [1.82, 2.24) is 0 Å². The molecule has 0 atom stereocenters. The molecule has 0 aliphatic carbocycles. The predicted octanol–water partition coefficient (Wildman–Crippen LogP) is 4.34. The van der Waals surface area contributed by atoms with Gasteiger partial charge in [0.05, 0.1) is 10.6 Å². The lowest BCUT2D eigenvalue weighted by molar-refractivity contribution is -0.114. The van der Waals surface area contributed by atoms with Gasteiger partial charge in [0.25, 0.3) is 10.0 Å². The van der Waals surface area contributed by atoms with Crippen molar-refractivity contribution >= 4 is 33.1 Å². The van der Waals surface area contributed by atoms with Crippen molar-refractivity contribution in [1.29, 1.82) is 0 Å². The molecule has 1 amide bonds. The Bertz CT molecular complexity index is 1220. The van der Waals surface area contributed by atoms with E-state index in [1.54, 1.807) is 54.6 Å². The van der Waals surface area contributed by atoms with E-state index in [9.17, 15) is 18.0 Å². The van der Waals surface area contributed by atoms with Gasteiger partial charge in [-0.2, -0.15) is 0 Å². The second kappa shape index (κ2) is 9.14. The van der Waals surface area contributed by atoms with Gasteiger partial charge in [-0.1, -0.05) is 36.4 Å². The maximum absolute atomic E-state index is 13.4. The first-order chi connectivity index (χ1) is 14.7. The van der Waals surface area contributed by atoms with Crippen LogP contribution >= 0.6 is 0 Å². The number of hydrogen-bond acceptors (Lipinski definition) is 4. The fourth-order valence-corrected chi connectivity index (χ4v) is 4.50. The molecule has 7 heteroatoms. The van der Waals surface area contributed by atoms with E-state index in [2.05, 4.69) is 5.32 Å². The zero-order valence-corrected chi connectivity index (χ0v) is 18.4. The summed E-state index contributed by atoms with van der Waals surface area (Å²) in [5.74, 6) is -0.641. The molecular formula is C24H24N2O4S. The number of carbonyl (C=O) groups is 2. The van der Waals surface area contributed by atoms with Crippen molar-refractivity contribution < 1.29 is 18.0 Å². The molecule has 31 heavy (non-hydrogen) atoms. The first kappa shape index (κ1) is 22.2. The van der Waals surface area contributed by atoms with Crippen LogP contribution < -0.4 is 9.62 Å². The van der Waals surface area contributed by atoms with Crippen molar-refractivity contribution in [2.45, 2.75) is 25.7 Å². The van der Waals surface area contributed by atoms with E-state index in [-0.39, 0.29) is 10.7 Å². The fraction of sp³-hybridized carbons (Fsp3) is 0.167. The van der Waals surface area contributed by atoms with Gasteiger partial charge in [0, 0.05) is 11.3 Å². The van der Waals surface area contributed by atoms with Crippen LogP contribution in [-0.2, 0) is 14.8 Å². The van der Waals surface area contributed by atoms with Gasteiger partial charge in [0.1, 0.15) is 6.54 Å². The number of amides is 1. The SMILES string of the molecule is CC(=O)c1cccc(NC(=O)CN(c2ccc(C)c(C)c2)S(=O)(=O)c2ccccc2)c1. The number of hydrogen-bond donors (Lipinski definition) is 1. The van der Waals surface area contributed by atoms with E-state index in [0.29, 0.717) is 16.9 Å². The summed E-state index contributed by atoms with van der Waals surface area (Å²) in [6.07, 6.45) is 0. The molecule has 0 aliphatic rings. The van der Waals surface area contributed by atoms with Crippen molar-refractivity contribution in [3.05, 3.63) is 89.5 Å². The highest BCUT2D eigenvalue weighted by Crippen LogP contribution is 2.26. The number of sulfonamides is 1. The summed E-state index contributed by atoms with van der Waals surface area (Å²) in [4.78, 5) is 24.5. The van der Waals surface area contributed by atoms with E-state index >= 15 is 0 Å². The van der Waals surface area contributed by atoms with Gasteiger partial charge in [0.2, 0.25) is 5.91 Å². The Labute approximate surface area is 182 Å². The molecule has 0 heterocycles.